The third kappa shape index (κ3) is 5.51. The molecule has 1 aliphatic heterocycles. The molecule has 25 heavy (non-hydrogen) atoms. The van der Waals surface area contributed by atoms with E-state index in [0.29, 0.717) is 39.1 Å². The lowest BCUT2D eigenvalue weighted by Crippen LogP contribution is -2.56. The summed E-state index contributed by atoms with van der Waals surface area (Å²) in [5.41, 5.74) is 0.347. The van der Waals surface area contributed by atoms with E-state index in [1.165, 1.54) is 0 Å². The molecule has 0 spiro atoms. The summed E-state index contributed by atoms with van der Waals surface area (Å²) in [4.78, 5) is 14.1. The highest BCUT2D eigenvalue weighted by molar-refractivity contribution is 5.77. The molecule has 0 aromatic heterocycles. The van der Waals surface area contributed by atoms with Crippen molar-refractivity contribution in [3.63, 3.8) is 0 Å². The van der Waals surface area contributed by atoms with E-state index in [-0.39, 0.29) is 19.1 Å². The van der Waals surface area contributed by atoms with Crippen molar-refractivity contribution in [2.24, 2.45) is 5.41 Å². The van der Waals surface area contributed by atoms with Crippen LogP contribution < -0.4 is 0 Å². The molecular weight excluding hydrogens is 322 g/mol. The summed E-state index contributed by atoms with van der Waals surface area (Å²) in [5, 5.41) is 20.2. The standard InChI is InChI=1S/C19H29NO5/c1-24-11-5-9-19(15-21)14-20(10-8-17(19)22)18(23)13-25-12-16-6-3-2-4-7-16/h2-4,6-7,17,21-22H,5,8-15H2,1H3/t17-,19+/m1/s1. The van der Waals surface area contributed by atoms with Gasteiger partial charge < -0.3 is 24.6 Å². The number of carbonyl (C=O) groups excluding carboxylic acids is 1. The minimum absolute atomic E-state index is 0.00453. The summed E-state index contributed by atoms with van der Waals surface area (Å²) in [5.74, 6) is -0.104. The van der Waals surface area contributed by atoms with Gasteiger partial charge >= 0.3 is 0 Å². The van der Waals surface area contributed by atoms with E-state index in [9.17, 15) is 15.0 Å². The van der Waals surface area contributed by atoms with Gasteiger partial charge in [0.2, 0.25) is 5.91 Å². The van der Waals surface area contributed by atoms with Crippen molar-refractivity contribution in [3.8, 4) is 0 Å². The molecule has 1 aliphatic rings. The number of aliphatic hydroxyl groups is 2. The van der Waals surface area contributed by atoms with Crippen LogP contribution in [0.15, 0.2) is 30.3 Å². The third-order valence-corrected chi connectivity index (χ3v) is 4.91. The molecule has 1 aromatic rings. The number of carbonyl (C=O) groups is 1. The van der Waals surface area contributed by atoms with Crippen molar-refractivity contribution < 1.29 is 24.5 Å². The van der Waals surface area contributed by atoms with Crippen LogP contribution in [0.3, 0.4) is 0 Å². The maximum Gasteiger partial charge on any atom is 0.248 e. The van der Waals surface area contributed by atoms with Gasteiger partial charge in [0, 0.05) is 32.2 Å². The number of piperidine rings is 1. The quantitative estimate of drug-likeness (QED) is 0.654. The first-order chi connectivity index (χ1) is 12.1. The maximum absolute atomic E-state index is 12.4. The minimum Gasteiger partial charge on any atom is -0.396 e. The van der Waals surface area contributed by atoms with Crippen molar-refractivity contribution in [1.82, 2.24) is 4.90 Å². The summed E-state index contributed by atoms with van der Waals surface area (Å²) in [6.07, 6.45) is 1.22. The number of benzene rings is 1. The second-order valence-corrected chi connectivity index (χ2v) is 6.72. The summed E-state index contributed by atoms with van der Waals surface area (Å²) in [6, 6.07) is 9.71. The smallest absolute Gasteiger partial charge is 0.248 e. The Morgan fingerprint density at radius 3 is 2.80 bits per heavy atom. The molecule has 0 bridgehead atoms. The molecule has 1 fully saturated rings. The van der Waals surface area contributed by atoms with Crippen LogP contribution in [0.1, 0.15) is 24.8 Å². The van der Waals surface area contributed by atoms with Crippen molar-refractivity contribution >= 4 is 5.91 Å². The molecule has 1 aromatic carbocycles. The average molecular weight is 351 g/mol. The lowest BCUT2D eigenvalue weighted by atomic mass is 9.74. The molecular formula is C19H29NO5. The first kappa shape index (κ1) is 19.8. The zero-order valence-corrected chi connectivity index (χ0v) is 14.9. The Labute approximate surface area is 149 Å². The predicted octanol–water partition coefficient (Wildman–Crippen LogP) is 1.20. The van der Waals surface area contributed by atoms with Gasteiger partial charge in [-0.1, -0.05) is 30.3 Å². The van der Waals surface area contributed by atoms with E-state index in [1.54, 1.807) is 12.0 Å². The fourth-order valence-corrected chi connectivity index (χ4v) is 3.33. The van der Waals surface area contributed by atoms with Crippen molar-refractivity contribution in [2.75, 3.05) is 40.0 Å². The fourth-order valence-electron chi connectivity index (χ4n) is 3.33. The number of methoxy groups -OCH3 is 1. The normalized spacial score (nSPS) is 23.6. The summed E-state index contributed by atoms with van der Waals surface area (Å²) >= 11 is 0. The Morgan fingerprint density at radius 2 is 2.12 bits per heavy atom. The van der Waals surface area contributed by atoms with Crippen molar-refractivity contribution in [1.29, 1.82) is 0 Å². The first-order valence-corrected chi connectivity index (χ1v) is 8.78. The van der Waals surface area contributed by atoms with Crippen molar-refractivity contribution in [3.05, 3.63) is 35.9 Å². The Kier molecular flexibility index (Phi) is 7.84. The summed E-state index contributed by atoms with van der Waals surface area (Å²) in [6.45, 7) is 1.66. The molecule has 140 valence electrons. The highest BCUT2D eigenvalue weighted by Crippen LogP contribution is 2.34. The topological polar surface area (TPSA) is 79.2 Å². The Balaban J connectivity index is 1.86. The van der Waals surface area contributed by atoms with E-state index in [4.69, 9.17) is 9.47 Å². The molecule has 0 aliphatic carbocycles. The summed E-state index contributed by atoms with van der Waals surface area (Å²) in [7, 11) is 1.63. The number of nitrogens with zero attached hydrogens (tertiary/aromatic N) is 1. The van der Waals surface area contributed by atoms with Crippen LogP contribution in [0.2, 0.25) is 0 Å². The van der Waals surface area contributed by atoms with Gasteiger partial charge in [0.1, 0.15) is 6.61 Å². The van der Waals surface area contributed by atoms with Crippen LogP contribution in [0.5, 0.6) is 0 Å². The molecule has 1 heterocycles. The van der Waals surface area contributed by atoms with E-state index >= 15 is 0 Å². The van der Waals surface area contributed by atoms with E-state index in [1.807, 2.05) is 30.3 Å². The molecule has 2 rings (SSSR count). The number of aliphatic hydroxyl groups excluding tert-OH is 2. The Morgan fingerprint density at radius 1 is 1.36 bits per heavy atom. The molecule has 6 nitrogen and oxygen atoms in total. The number of likely N-dealkylation sites (tertiary alicyclic amines) is 1. The van der Waals surface area contributed by atoms with Crippen LogP contribution in [-0.2, 0) is 20.9 Å². The molecule has 6 heteroatoms. The lowest BCUT2D eigenvalue weighted by molar-refractivity contribution is -0.147. The Bertz CT molecular complexity index is 524. The summed E-state index contributed by atoms with van der Waals surface area (Å²) < 4.78 is 10.6. The fraction of sp³-hybridized carbons (Fsp3) is 0.632. The monoisotopic (exact) mass is 351 g/mol. The van der Waals surface area contributed by atoms with Crippen LogP contribution in [0.4, 0.5) is 0 Å². The van der Waals surface area contributed by atoms with Gasteiger partial charge in [-0.05, 0) is 24.8 Å². The number of hydrogen-bond donors (Lipinski definition) is 2. The van der Waals surface area contributed by atoms with Crippen LogP contribution >= 0.6 is 0 Å². The van der Waals surface area contributed by atoms with Crippen molar-refractivity contribution in [2.45, 2.75) is 32.0 Å². The lowest BCUT2D eigenvalue weighted by Gasteiger charge is -2.45. The van der Waals surface area contributed by atoms with Gasteiger partial charge in [-0.25, -0.2) is 0 Å². The number of amides is 1. The second-order valence-electron chi connectivity index (χ2n) is 6.72. The molecule has 2 N–H and O–H groups in total. The van der Waals surface area contributed by atoms with E-state index in [2.05, 4.69) is 0 Å². The van der Waals surface area contributed by atoms with Gasteiger partial charge in [-0.15, -0.1) is 0 Å². The third-order valence-electron chi connectivity index (χ3n) is 4.91. The number of rotatable bonds is 9. The highest BCUT2D eigenvalue weighted by Gasteiger charge is 2.43. The SMILES string of the molecule is COCCC[C@@]1(CO)CN(C(=O)COCc2ccccc2)CC[C@H]1O. The van der Waals surface area contributed by atoms with Gasteiger partial charge in [0.25, 0.3) is 0 Å². The molecule has 1 saturated heterocycles. The van der Waals surface area contributed by atoms with Gasteiger partial charge in [0.15, 0.2) is 0 Å². The molecule has 0 radical (unpaired) electrons. The number of hydrogen-bond acceptors (Lipinski definition) is 5. The van der Waals surface area contributed by atoms with Gasteiger partial charge in [0.05, 0.1) is 19.3 Å². The highest BCUT2D eigenvalue weighted by atomic mass is 16.5. The van der Waals surface area contributed by atoms with Crippen LogP contribution in [0, 0.1) is 5.41 Å². The van der Waals surface area contributed by atoms with E-state index in [0.717, 1.165) is 12.0 Å². The first-order valence-electron chi connectivity index (χ1n) is 8.78. The van der Waals surface area contributed by atoms with Gasteiger partial charge in [-0.3, -0.25) is 4.79 Å². The van der Waals surface area contributed by atoms with Crippen LogP contribution in [-0.4, -0.2) is 67.1 Å². The Hall–Kier alpha value is -1.47. The predicted molar refractivity (Wildman–Crippen MR) is 93.9 cm³/mol. The molecule has 0 saturated carbocycles. The van der Waals surface area contributed by atoms with Crippen LogP contribution in [0.25, 0.3) is 0 Å². The molecule has 1 amide bonds. The minimum atomic E-state index is -0.675. The van der Waals surface area contributed by atoms with E-state index < -0.39 is 11.5 Å². The second kappa shape index (κ2) is 9.87. The average Bonchev–Trinajstić information content (AvgIpc) is 2.64. The van der Waals surface area contributed by atoms with Gasteiger partial charge in [-0.2, -0.15) is 0 Å². The number of ether oxygens (including phenoxy) is 2. The molecule has 2 atom stereocenters. The largest absolute Gasteiger partial charge is 0.396 e. The maximum atomic E-state index is 12.4. The molecule has 0 unspecified atom stereocenters. The zero-order valence-electron chi connectivity index (χ0n) is 14.9. The zero-order chi connectivity index (χ0) is 18.1.